The molecule has 116 valence electrons. The van der Waals surface area contributed by atoms with Gasteiger partial charge in [0.1, 0.15) is 0 Å². The van der Waals surface area contributed by atoms with Crippen LogP contribution in [0, 0.1) is 0 Å². The van der Waals surface area contributed by atoms with Crippen molar-refractivity contribution < 1.29 is 23.1 Å². The van der Waals surface area contributed by atoms with Crippen LogP contribution in [0.1, 0.15) is 30.6 Å². The average Bonchev–Trinajstić information content (AvgIpc) is 2.38. The topological polar surface area (TPSA) is 113 Å². The van der Waals surface area contributed by atoms with Crippen LogP contribution in [-0.4, -0.2) is 37.2 Å². The van der Waals surface area contributed by atoms with Crippen LogP contribution < -0.4 is 10.0 Å². The number of aromatic carboxylic acids is 1. The smallest absolute Gasteiger partial charge is 0.335 e. The van der Waals surface area contributed by atoms with Crippen molar-refractivity contribution in [3.05, 3.63) is 29.8 Å². The Labute approximate surface area is 123 Å². The molecule has 0 fully saturated rings. The summed E-state index contributed by atoms with van der Waals surface area (Å²) in [6.45, 7) is 3.17. The highest BCUT2D eigenvalue weighted by molar-refractivity contribution is 7.89. The Kier molecular flexibility index (Phi) is 5.86. The van der Waals surface area contributed by atoms with Gasteiger partial charge < -0.3 is 10.4 Å². The van der Waals surface area contributed by atoms with Gasteiger partial charge >= 0.3 is 5.97 Å². The molecule has 0 spiro atoms. The molecule has 7 nitrogen and oxygen atoms in total. The molecule has 1 atom stereocenters. The largest absolute Gasteiger partial charge is 0.478 e. The first kappa shape index (κ1) is 17.1. The number of anilines is 1. The first-order chi connectivity index (χ1) is 9.75. The van der Waals surface area contributed by atoms with Gasteiger partial charge in [-0.3, -0.25) is 4.79 Å². The average molecular weight is 314 g/mol. The fraction of sp³-hybridized carbons (Fsp3) is 0.385. The van der Waals surface area contributed by atoms with Crippen LogP contribution in [0.4, 0.5) is 5.69 Å². The maximum absolute atomic E-state index is 11.9. The lowest BCUT2D eigenvalue weighted by Gasteiger charge is -2.14. The number of carboxylic acid groups (broad SMARTS) is 1. The molecular weight excluding hydrogens is 296 g/mol. The van der Waals surface area contributed by atoms with Crippen molar-refractivity contribution in [1.82, 2.24) is 4.72 Å². The monoisotopic (exact) mass is 314 g/mol. The van der Waals surface area contributed by atoms with Crippen LogP contribution in [0.3, 0.4) is 0 Å². The lowest BCUT2D eigenvalue weighted by Crippen LogP contribution is -2.42. The third-order valence-electron chi connectivity index (χ3n) is 2.62. The van der Waals surface area contributed by atoms with E-state index in [0.29, 0.717) is 12.1 Å². The van der Waals surface area contributed by atoms with Gasteiger partial charge in [0.05, 0.1) is 17.4 Å². The van der Waals surface area contributed by atoms with Crippen molar-refractivity contribution in [2.45, 2.75) is 26.3 Å². The van der Waals surface area contributed by atoms with Gasteiger partial charge in [-0.1, -0.05) is 6.92 Å². The molecule has 1 rings (SSSR count). The minimum atomic E-state index is -3.47. The van der Waals surface area contributed by atoms with Crippen molar-refractivity contribution >= 4 is 27.6 Å². The van der Waals surface area contributed by atoms with Crippen molar-refractivity contribution in [2.24, 2.45) is 0 Å². The number of hydrogen-bond donors (Lipinski definition) is 3. The third kappa shape index (κ3) is 5.52. The van der Waals surface area contributed by atoms with Gasteiger partial charge in [-0.25, -0.2) is 17.9 Å². The van der Waals surface area contributed by atoms with Gasteiger partial charge in [0.2, 0.25) is 15.9 Å². The van der Waals surface area contributed by atoms with Gasteiger partial charge in [-0.05, 0) is 37.6 Å². The molecule has 0 radical (unpaired) electrons. The van der Waals surface area contributed by atoms with Gasteiger partial charge in [0, 0.05) is 5.69 Å². The molecule has 1 aromatic carbocycles. The highest BCUT2D eigenvalue weighted by Gasteiger charge is 2.19. The van der Waals surface area contributed by atoms with Crippen LogP contribution in [0.15, 0.2) is 24.3 Å². The van der Waals surface area contributed by atoms with E-state index in [-0.39, 0.29) is 11.3 Å². The highest BCUT2D eigenvalue weighted by atomic mass is 32.2. The summed E-state index contributed by atoms with van der Waals surface area (Å²) in [6, 6.07) is 4.66. The standard InChI is InChI=1S/C13H18N2O5S/c1-3-8-21(19,20)15-9(2)12(16)14-11-6-4-10(5-7-11)13(17)18/h4-7,9,15H,3,8H2,1-2H3,(H,14,16)(H,17,18). The van der Waals surface area contributed by atoms with Crippen LogP contribution >= 0.6 is 0 Å². The number of carbonyl (C=O) groups excluding carboxylic acids is 1. The Morgan fingerprint density at radius 1 is 1.24 bits per heavy atom. The summed E-state index contributed by atoms with van der Waals surface area (Å²) in [5, 5.41) is 11.3. The molecule has 1 unspecified atom stereocenters. The lowest BCUT2D eigenvalue weighted by molar-refractivity contribution is -0.117. The Morgan fingerprint density at radius 3 is 2.29 bits per heavy atom. The maximum Gasteiger partial charge on any atom is 0.335 e. The summed E-state index contributed by atoms with van der Waals surface area (Å²) in [5.41, 5.74) is 0.497. The number of benzene rings is 1. The Hall–Kier alpha value is -1.93. The van der Waals surface area contributed by atoms with E-state index in [2.05, 4.69) is 10.0 Å². The number of nitrogens with one attached hydrogen (secondary N) is 2. The summed E-state index contributed by atoms with van der Waals surface area (Å²) >= 11 is 0. The molecule has 0 bridgehead atoms. The highest BCUT2D eigenvalue weighted by Crippen LogP contribution is 2.10. The predicted octanol–water partition coefficient (Wildman–Crippen LogP) is 1.04. The van der Waals surface area contributed by atoms with Crippen LogP contribution in [0.5, 0.6) is 0 Å². The van der Waals surface area contributed by atoms with E-state index in [9.17, 15) is 18.0 Å². The fourth-order valence-corrected chi connectivity index (χ4v) is 2.90. The molecule has 8 heteroatoms. The van der Waals surface area contributed by atoms with Crippen LogP contribution in [-0.2, 0) is 14.8 Å². The Morgan fingerprint density at radius 2 is 1.81 bits per heavy atom. The molecule has 1 amide bonds. The molecule has 1 aromatic rings. The number of carboxylic acids is 1. The van der Waals surface area contributed by atoms with E-state index in [4.69, 9.17) is 5.11 Å². The number of hydrogen-bond acceptors (Lipinski definition) is 4. The van der Waals surface area contributed by atoms with Crippen molar-refractivity contribution in [2.75, 3.05) is 11.1 Å². The summed E-state index contributed by atoms with van der Waals surface area (Å²) < 4.78 is 25.4. The van der Waals surface area contributed by atoms with Crippen molar-refractivity contribution in [1.29, 1.82) is 0 Å². The zero-order valence-corrected chi connectivity index (χ0v) is 12.6. The maximum atomic E-state index is 11.9. The van der Waals surface area contributed by atoms with E-state index in [0.717, 1.165) is 0 Å². The second kappa shape index (κ2) is 7.19. The number of sulfonamides is 1. The van der Waals surface area contributed by atoms with Crippen molar-refractivity contribution in [3.8, 4) is 0 Å². The van der Waals surface area contributed by atoms with E-state index in [1.807, 2.05) is 0 Å². The summed E-state index contributed by atoms with van der Waals surface area (Å²) in [5.74, 6) is -1.62. The van der Waals surface area contributed by atoms with E-state index < -0.39 is 27.9 Å². The van der Waals surface area contributed by atoms with Crippen molar-refractivity contribution in [3.63, 3.8) is 0 Å². The molecule has 0 saturated carbocycles. The molecule has 21 heavy (non-hydrogen) atoms. The molecular formula is C13H18N2O5S. The zero-order chi connectivity index (χ0) is 16.0. The SMILES string of the molecule is CCCS(=O)(=O)NC(C)C(=O)Nc1ccc(C(=O)O)cc1. The molecule has 0 heterocycles. The van der Waals surface area contributed by atoms with Gasteiger partial charge in [0.25, 0.3) is 0 Å². The molecule has 0 aliphatic heterocycles. The second-order valence-corrected chi connectivity index (χ2v) is 6.40. The summed E-state index contributed by atoms with van der Waals surface area (Å²) in [7, 11) is -3.47. The van der Waals surface area contributed by atoms with Gasteiger partial charge in [-0.2, -0.15) is 0 Å². The quantitative estimate of drug-likeness (QED) is 0.696. The Bertz CT molecular complexity index is 610. The summed E-state index contributed by atoms with van der Waals surface area (Å²) in [6.07, 6.45) is 0.459. The third-order valence-corrected chi connectivity index (χ3v) is 4.28. The van der Waals surface area contributed by atoms with Crippen LogP contribution in [0.2, 0.25) is 0 Å². The first-order valence-corrected chi connectivity index (χ1v) is 8.04. The zero-order valence-electron chi connectivity index (χ0n) is 11.8. The number of carbonyl (C=O) groups is 2. The minimum Gasteiger partial charge on any atom is -0.478 e. The summed E-state index contributed by atoms with van der Waals surface area (Å²) in [4.78, 5) is 22.6. The van der Waals surface area contributed by atoms with Gasteiger partial charge in [-0.15, -0.1) is 0 Å². The minimum absolute atomic E-state index is 0.0437. The number of amides is 1. The fourth-order valence-electron chi connectivity index (χ4n) is 1.60. The second-order valence-electron chi connectivity index (χ2n) is 4.53. The molecule has 0 aromatic heterocycles. The van der Waals surface area contributed by atoms with E-state index >= 15 is 0 Å². The lowest BCUT2D eigenvalue weighted by atomic mass is 10.2. The predicted molar refractivity (Wildman–Crippen MR) is 78.7 cm³/mol. The van der Waals surface area contributed by atoms with E-state index in [1.54, 1.807) is 6.92 Å². The van der Waals surface area contributed by atoms with E-state index in [1.165, 1.54) is 31.2 Å². The molecule has 3 N–H and O–H groups in total. The molecule has 0 saturated heterocycles. The molecule has 0 aliphatic rings. The number of rotatable bonds is 7. The van der Waals surface area contributed by atoms with Crippen LogP contribution in [0.25, 0.3) is 0 Å². The van der Waals surface area contributed by atoms with Gasteiger partial charge in [0.15, 0.2) is 0 Å². The Balaban J connectivity index is 2.66. The normalized spacial score (nSPS) is 12.7. The molecule has 0 aliphatic carbocycles. The first-order valence-electron chi connectivity index (χ1n) is 6.39.